The normalized spacial score (nSPS) is 18.4. The third-order valence-electron chi connectivity index (χ3n) is 6.76. The van der Waals surface area contributed by atoms with Crippen molar-refractivity contribution in [2.24, 2.45) is 0 Å². The lowest BCUT2D eigenvalue weighted by Crippen LogP contribution is -2.33. The maximum atomic E-state index is 15.2. The topological polar surface area (TPSA) is 27.7 Å². The number of alkyl halides is 3. The Bertz CT molecular complexity index is 1140. The van der Waals surface area contributed by atoms with Crippen LogP contribution in [0.1, 0.15) is 67.6 Å². The van der Waals surface area contributed by atoms with E-state index in [4.69, 9.17) is 14.2 Å². The smallest absolute Gasteiger partial charge is 0.373 e. The zero-order valence-corrected chi connectivity index (χ0v) is 21.2. The fourth-order valence-corrected chi connectivity index (χ4v) is 4.56. The lowest BCUT2D eigenvalue weighted by atomic mass is 9.98. The zero-order valence-electron chi connectivity index (χ0n) is 21.2. The molecular weight excluding hydrogens is 484 g/mol. The van der Waals surface area contributed by atoms with Gasteiger partial charge < -0.3 is 14.2 Å². The molecule has 1 saturated heterocycles. The second kappa shape index (κ2) is 12.9. The SMILES string of the molecule is CCCCCCCOC1COC(c2ccc3c(F)c(CCc4ccc(C(F)(F)F)cc4)ccc3c2)OC1. The Hall–Kier alpha value is -2.48. The number of ether oxygens (including phenoxy) is 3. The Balaban J connectivity index is 1.31. The van der Waals surface area contributed by atoms with Gasteiger partial charge in [-0.15, -0.1) is 0 Å². The van der Waals surface area contributed by atoms with Crippen LogP contribution in [0.15, 0.2) is 54.6 Å². The van der Waals surface area contributed by atoms with E-state index in [-0.39, 0.29) is 11.9 Å². The predicted molar refractivity (Wildman–Crippen MR) is 136 cm³/mol. The zero-order chi connectivity index (χ0) is 26.3. The molecule has 0 amide bonds. The van der Waals surface area contributed by atoms with Gasteiger partial charge in [0.2, 0.25) is 0 Å². The van der Waals surface area contributed by atoms with E-state index >= 15 is 4.39 Å². The average molecular weight is 519 g/mol. The number of benzene rings is 3. The molecule has 7 heteroatoms. The first kappa shape index (κ1) is 27.6. The quantitative estimate of drug-likeness (QED) is 0.189. The summed E-state index contributed by atoms with van der Waals surface area (Å²) in [6.45, 7) is 3.81. The molecule has 37 heavy (non-hydrogen) atoms. The van der Waals surface area contributed by atoms with Crippen LogP contribution in [0.25, 0.3) is 10.8 Å². The first-order valence-electron chi connectivity index (χ1n) is 13.1. The van der Waals surface area contributed by atoms with Crippen molar-refractivity contribution in [1.82, 2.24) is 0 Å². The molecule has 0 spiro atoms. The first-order valence-corrected chi connectivity index (χ1v) is 13.1. The Kier molecular flexibility index (Phi) is 9.57. The molecule has 0 saturated carbocycles. The molecule has 0 aromatic heterocycles. The van der Waals surface area contributed by atoms with Crippen molar-refractivity contribution in [1.29, 1.82) is 0 Å². The van der Waals surface area contributed by atoms with Gasteiger partial charge in [0, 0.05) is 17.6 Å². The fourth-order valence-electron chi connectivity index (χ4n) is 4.56. The summed E-state index contributed by atoms with van der Waals surface area (Å²) in [4.78, 5) is 0. The van der Waals surface area contributed by atoms with Crippen molar-refractivity contribution in [2.75, 3.05) is 19.8 Å². The van der Waals surface area contributed by atoms with Crippen LogP contribution in [0.3, 0.4) is 0 Å². The van der Waals surface area contributed by atoms with Crippen molar-refractivity contribution < 1.29 is 31.8 Å². The van der Waals surface area contributed by atoms with E-state index in [1.807, 2.05) is 18.2 Å². The molecule has 0 unspecified atom stereocenters. The lowest BCUT2D eigenvalue weighted by Gasteiger charge is -2.29. The van der Waals surface area contributed by atoms with Crippen LogP contribution in [-0.4, -0.2) is 25.9 Å². The van der Waals surface area contributed by atoms with Crippen LogP contribution >= 0.6 is 0 Å². The highest BCUT2D eigenvalue weighted by atomic mass is 19.4. The van der Waals surface area contributed by atoms with Crippen molar-refractivity contribution >= 4 is 10.8 Å². The minimum Gasteiger partial charge on any atom is -0.373 e. The van der Waals surface area contributed by atoms with E-state index in [9.17, 15) is 13.2 Å². The molecule has 4 rings (SSSR count). The third kappa shape index (κ3) is 7.53. The van der Waals surface area contributed by atoms with Gasteiger partial charge in [0.15, 0.2) is 6.29 Å². The molecule has 0 atom stereocenters. The molecule has 3 aromatic carbocycles. The van der Waals surface area contributed by atoms with E-state index in [1.54, 1.807) is 12.1 Å². The van der Waals surface area contributed by atoms with Gasteiger partial charge in [-0.05, 0) is 54.0 Å². The van der Waals surface area contributed by atoms with Crippen molar-refractivity contribution in [3.63, 3.8) is 0 Å². The largest absolute Gasteiger partial charge is 0.416 e. The number of rotatable bonds is 11. The summed E-state index contributed by atoms with van der Waals surface area (Å²) in [5.74, 6) is -0.311. The summed E-state index contributed by atoms with van der Waals surface area (Å²) in [6.07, 6.45) is 1.83. The van der Waals surface area contributed by atoms with Gasteiger partial charge in [-0.1, -0.05) is 69.0 Å². The average Bonchev–Trinajstić information content (AvgIpc) is 2.90. The van der Waals surface area contributed by atoms with Crippen LogP contribution in [-0.2, 0) is 33.2 Å². The van der Waals surface area contributed by atoms with Crippen molar-refractivity contribution in [2.45, 2.75) is 70.4 Å². The Morgan fingerprint density at radius 2 is 1.59 bits per heavy atom. The Morgan fingerprint density at radius 1 is 0.865 bits per heavy atom. The lowest BCUT2D eigenvalue weighted by molar-refractivity contribution is -0.230. The summed E-state index contributed by atoms with van der Waals surface area (Å²) < 4.78 is 71.1. The first-order chi connectivity index (χ1) is 17.8. The summed E-state index contributed by atoms with van der Waals surface area (Å²) in [5.41, 5.74) is 1.39. The highest BCUT2D eigenvalue weighted by Crippen LogP contribution is 2.31. The molecule has 3 aromatic rings. The monoisotopic (exact) mass is 518 g/mol. The molecular formula is C30H34F4O3. The number of halogens is 4. The van der Waals surface area contributed by atoms with E-state index in [1.165, 1.54) is 37.8 Å². The molecule has 3 nitrogen and oxygen atoms in total. The van der Waals surface area contributed by atoms with Gasteiger partial charge in [0.1, 0.15) is 11.9 Å². The van der Waals surface area contributed by atoms with E-state index in [2.05, 4.69) is 6.92 Å². The van der Waals surface area contributed by atoms with Crippen molar-refractivity contribution in [3.8, 4) is 0 Å². The minimum absolute atomic E-state index is 0.0763. The van der Waals surface area contributed by atoms with E-state index in [0.717, 1.165) is 35.1 Å². The summed E-state index contributed by atoms with van der Waals surface area (Å²) in [7, 11) is 0. The predicted octanol–water partition coefficient (Wildman–Crippen LogP) is 8.18. The molecule has 0 aliphatic carbocycles. The summed E-state index contributed by atoms with van der Waals surface area (Å²) >= 11 is 0. The molecule has 0 radical (unpaired) electrons. The molecule has 1 aliphatic heterocycles. The molecule has 0 bridgehead atoms. The maximum absolute atomic E-state index is 15.2. The fraction of sp³-hybridized carbons (Fsp3) is 0.467. The highest BCUT2D eigenvalue weighted by molar-refractivity contribution is 5.84. The van der Waals surface area contributed by atoms with Gasteiger partial charge in [-0.2, -0.15) is 13.2 Å². The van der Waals surface area contributed by atoms with E-state index in [0.29, 0.717) is 43.6 Å². The van der Waals surface area contributed by atoms with Crippen LogP contribution in [0.2, 0.25) is 0 Å². The number of aryl methyl sites for hydroxylation is 2. The van der Waals surface area contributed by atoms with Crippen LogP contribution in [0.4, 0.5) is 17.6 Å². The summed E-state index contributed by atoms with van der Waals surface area (Å²) in [5, 5.41) is 1.24. The second-order valence-electron chi connectivity index (χ2n) is 9.62. The summed E-state index contributed by atoms with van der Waals surface area (Å²) in [6, 6.07) is 14.0. The standard InChI is InChI=1S/C30H34F4O3/c1-2-3-4-5-6-17-35-26-19-36-29(37-20-26)24-13-16-27-23(18-24)12-11-22(28(27)31)10-7-21-8-14-25(15-9-21)30(32,33)34/h8-9,11-16,18,26,29H,2-7,10,17,19-20H2,1H3. The number of hydrogen-bond donors (Lipinski definition) is 0. The molecule has 1 fully saturated rings. The van der Waals surface area contributed by atoms with Crippen molar-refractivity contribution in [3.05, 3.63) is 82.7 Å². The van der Waals surface area contributed by atoms with Crippen LogP contribution in [0.5, 0.6) is 0 Å². The Labute approximate surface area is 215 Å². The second-order valence-corrected chi connectivity index (χ2v) is 9.62. The van der Waals surface area contributed by atoms with E-state index < -0.39 is 18.0 Å². The highest BCUT2D eigenvalue weighted by Gasteiger charge is 2.30. The van der Waals surface area contributed by atoms with Gasteiger partial charge in [0.05, 0.1) is 18.8 Å². The number of fused-ring (bicyclic) bond motifs is 1. The minimum atomic E-state index is -4.36. The van der Waals surface area contributed by atoms with Crippen LogP contribution < -0.4 is 0 Å². The van der Waals surface area contributed by atoms with Gasteiger partial charge >= 0.3 is 6.18 Å². The van der Waals surface area contributed by atoms with Gasteiger partial charge in [-0.3, -0.25) is 0 Å². The molecule has 0 N–H and O–H groups in total. The number of unbranched alkanes of at least 4 members (excludes halogenated alkanes) is 4. The van der Waals surface area contributed by atoms with Gasteiger partial charge in [0.25, 0.3) is 0 Å². The third-order valence-corrected chi connectivity index (χ3v) is 6.76. The molecule has 1 heterocycles. The maximum Gasteiger partial charge on any atom is 0.416 e. The van der Waals surface area contributed by atoms with Gasteiger partial charge in [-0.25, -0.2) is 4.39 Å². The molecule has 200 valence electrons. The Morgan fingerprint density at radius 3 is 2.30 bits per heavy atom. The van der Waals surface area contributed by atoms with Crippen LogP contribution in [0, 0.1) is 5.82 Å². The number of hydrogen-bond acceptors (Lipinski definition) is 3. The molecule has 1 aliphatic rings.